The summed E-state index contributed by atoms with van der Waals surface area (Å²) in [6.45, 7) is 2.70. The molecule has 1 aliphatic heterocycles. The van der Waals surface area contributed by atoms with Crippen LogP contribution in [0.15, 0.2) is 48.9 Å². The van der Waals surface area contributed by atoms with E-state index in [-0.39, 0.29) is 17.3 Å². The first-order valence-electron chi connectivity index (χ1n) is 15.0. The Morgan fingerprint density at radius 1 is 0.881 bits per heavy atom. The van der Waals surface area contributed by atoms with E-state index >= 15 is 0 Å². The first-order chi connectivity index (χ1) is 20.5. The van der Waals surface area contributed by atoms with E-state index in [9.17, 15) is 4.79 Å². The lowest BCUT2D eigenvalue weighted by Crippen LogP contribution is -2.51. The third-order valence-corrected chi connectivity index (χ3v) is 9.73. The molecular weight excluding hydrogens is 528 g/mol. The summed E-state index contributed by atoms with van der Waals surface area (Å²) >= 11 is 0. The number of hydrogen-bond donors (Lipinski definition) is 2. The average Bonchev–Trinajstić information content (AvgIpc) is 3.00. The lowest BCUT2D eigenvalue weighted by Gasteiger charge is -2.55. The molecule has 3 aromatic heterocycles. The van der Waals surface area contributed by atoms with Gasteiger partial charge in [0.05, 0.1) is 29.7 Å². The Hall–Kier alpha value is -4.18. The van der Waals surface area contributed by atoms with Gasteiger partial charge >= 0.3 is 0 Å². The van der Waals surface area contributed by atoms with Gasteiger partial charge in [-0.25, -0.2) is 19.9 Å². The van der Waals surface area contributed by atoms with E-state index in [1.807, 2.05) is 36.5 Å². The Balaban J connectivity index is 1.12. The fraction of sp³-hybridized carbons (Fsp3) is 0.438. The fourth-order valence-corrected chi connectivity index (χ4v) is 8.17. The van der Waals surface area contributed by atoms with Gasteiger partial charge in [-0.3, -0.25) is 9.78 Å². The van der Waals surface area contributed by atoms with E-state index in [1.54, 1.807) is 12.4 Å². The highest BCUT2D eigenvalue weighted by molar-refractivity contribution is 5.96. The van der Waals surface area contributed by atoms with E-state index in [0.717, 1.165) is 83.8 Å². The molecule has 1 amide bonds. The summed E-state index contributed by atoms with van der Waals surface area (Å²) < 4.78 is 5.58. The van der Waals surface area contributed by atoms with E-state index in [4.69, 9.17) is 25.4 Å². The molecule has 214 valence electrons. The molecule has 5 aliphatic rings. The summed E-state index contributed by atoms with van der Waals surface area (Å²) in [6.07, 6.45) is 12.2. The Morgan fingerprint density at radius 3 is 2.29 bits per heavy atom. The Kier molecular flexibility index (Phi) is 6.06. The SMILES string of the molecule is Nc1ncc(-c2nc(N3CCOCC3)c3ncc(-c4cccc(NC(=O)C56CC7CC(CC(C7)C5)C6)c4)cc3n2)cn1. The second kappa shape index (κ2) is 9.97. The predicted octanol–water partition coefficient (Wildman–Crippen LogP) is 4.72. The molecule has 0 spiro atoms. The molecule has 10 nitrogen and oxygen atoms in total. The zero-order valence-electron chi connectivity index (χ0n) is 23.5. The van der Waals surface area contributed by atoms with Crippen LogP contribution in [0.2, 0.25) is 0 Å². The number of nitrogens with zero attached hydrogens (tertiary/aromatic N) is 6. The monoisotopic (exact) mass is 562 g/mol. The third kappa shape index (κ3) is 4.54. The largest absolute Gasteiger partial charge is 0.378 e. The first-order valence-corrected chi connectivity index (χ1v) is 15.0. The van der Waals surface area contributed by atoms with Crippen molar-refractivity contribution in [3.63, 3.8) is 0 Å². The number of nitrogen functional groups attached to an aromatic ring is 1. The number of hydrogen-bond acceptors (Lipinski definition) is 9. The fourth-order valence-electron chi connectivity index (χ4n) is 8.17. The molecule has 10 heteroatoms. The van der Waals surface area contributed by atoms with Crippen molar-refractivity contribution in [2.75, 3.05) is 42.3 Å². The summed E-state index contributed by atoms with van der Waals surface area (Å²) in [4.78, 5) is 38.8. The number of rotatable bonds is 5. The molecule has 42 heavy (non-hydrogen) atoms. The van der Waals surface area contributed by atoms with Gasteiger partial charge in [0.15, 0.2) is 11.6 Å². The number of ether oxygens (including phenoxy) is 1. The molecule has 4 saturated carbocycles. The van der Waals surface area contributed by atoms with Crippen molar-refractivity contribution in [1.82, 2.24) is 24.9 Å². The first kappa shape index (κ1) is 25.5. The van der Waals surface area contributed by atoms with Crippen LogP contribution in [-0.2, 0) is 9.53 Å². The lowest BCUT2D eigenvalue weighted by molar-refractivity contribution is -0.140. The summed E-state index contributed by atoms with van der Waals surface area (Å²) in [5.74, 6) is 3.86. The van der Waals surface area contributed by atoms with Crippen LogP contribution in [0.1, 0.15) is 38.5 Å². The highest BCUT2D eigenvalue weighted by Gasteiger charge is 2.54. The van der Waals surface area contributed by atoms with Crippen LogP contribution in [0.4, 0.5) is 17.5 Å². The number of anilines is 3. The van der Waals surface area contributed by atoms with Crippen molar-refractivity contribution < 1.29 is 9.53 Å². The second-order valence-electron chi connectivity index (χ2n) is 12.6. The van der Waals surface area contributed by atoms with Crippen molar-refractivity contribution in [3.8, 4) is 22.5 Å². The molecule has 1 aromatic carbocycles. The molecule has 4 heterocycles. The van der Waals surface area contributed by atoms with Crippen LogP contribution in [0.25, 0.3) is 33.5 Å². The minimum atomic E-state index is -0.190. The van der Waals surface area contributed by atoms with Gasteiger partial charge in [0, 0.05) is 42.9 Å². The summed E-state index contributed by atoms with van der Waals surface area (Å²) in [7, 11) is 0. The zero-order valence-corrected chi connectivity index (χ0v) is 23.5. The van der Waals surface area contributed by atoms with Gasteiger partial charge in [-0.1, -0.05) is 12.1 Å². The minimum absolute atomic E-state index is 0.190. The van der Waals surface area contributed by atoms with Crippen LogP contribution in [0.3, 0.4) is 0 Å². The van der Waals surface area contributed by atoms with Gasteiger partial charge in [-0.2, -0.15) is 0 Å². The van der Waals surface area contributed by atoms with Crippen molar-refractivity contribution in [3.05, 3.63) is 48.9 Å². The summed E-state index contributed by atoms with van der Waals surface area (Å²) in [6, 6.07) is 10.1. The topological polar surface area (TPSA) is 132 Å². The van der Waals surface area contributed by atoms with Crippen molar-refractivity contribution >= 4 is 34.4 Å². The number of fused-ring (bicyclic) bond motifs is 1. The van der Waals surface area contributed by atoms with E-state index in [0.29, 0.717) is 24.6 Å². The van der Waals surface area contributed by atoms with Gasteiger partial charge in [-0.05, 0) is 80.0 Å². The Morgan fingerprint density at radius 2 is 1.57 bits per heavy atom. The Labute approximate surface area is 244 Å². The van der Waals surface area contributed by atoms with Crippen LogP contribution in [0.5, 0.6) is 0 Å². The molecule has 3 N–H and O–H groups in total. The Bertz CT molecular complexity index is 1630. The lowest BCUT2D eigenvalue weighted by atomic mass is 9.49. The van der Waals surface area contributed by atoms with Crippen LogP contribution >= 0.6 is 0 Å². The summed E-state index contributed by atoms with van der Waals surface area (Å²) in [5, 5.41) is 3.31. The zero-order chi connectivity index (χ0) is 28.3. The van der Waals surface area contributed by atoms with Crippen molar-refractivity contribution in [2.24, 2.45) is 23.2 Å². The van der Waals surface area contributed by atoms with Crippen LogP contribution in [-0.4, -0.2) is 57.1 Å². The normalized spacial score (nSPS) is 26.5. The average molecular weight is 563 g/mol. The molecule has 9 rings (SSSR count). The third-order valence-electron chi connectivity index (χ3n) is 9.73. The van der Waals surface area contributed by atoms with E-state index in [1.165, 1.54) is 19.3 Å². The molecule has 5 fully saturated rings. The number of carbonyl (C=O) groups excluding carboxylic acids is 1. The maximum atomic E-state index is 13.7. The number of benzene rings is 1. The number of nitrogens with two attached hydrogens (primary N) is 1. The highest BCUT2D eigenvalue weighted by Crippen LogP contribution is 2.60. The molecule has 4 bridgehead atoms. The highest BCUT2D eigenvalue weighted by atomic mass is 16.5. The summed E-state index contributed by atoms with van der Waals surface area (Å²) in [5.41, 5.74) is 10.4. The number of nitrogens with one attached hydrogen (secondary N) is 1. The van der Waals surface area contributed by atoms with Crippen LogP contribution in [0, 0.1) is 23.2 Å². The molecular formula is C32H34N8O2. The van der Waals surface area contributed by atoms with Gasteiger partial charge in [0.2, 0.25) is 11.9 Å². The minimum Gasteiger partial charge on any atom is -0.378 e. The van der Waals surface area contributed by atoms with Gasteiger partial charge in [0.25, 0.3) is 0 Å². The second-order valence-corrected chi connectivity index (χ2v) is 12.6. The molecule has 4 aliphatic carbocycles. The number of carbonyl (C=O) groups is 1. The van der Waals surface area contributed by atoms with Crippen molar-refractivity contribution in [2.45, 2.75) is 38.5 Å². The van der Waals surface area contributed by atoms with E-state index < -0.39 is 0 Å². The molecule has 4 aromatic rings. The molecule has 0 atom stereocenters. The van der Waals surface area contributed by atoms with E-state index in [2.05, 4.69) is 20.2 Å². The predicted molar refractivity (Wildman–Crippen MR) is 160 cm³/mol. The number of morpholine rings is 1. The van der Waals surface area contributed by atoms with Gasteiger partial charge < -0.3 is 20.7 Å². The quantitative estimate of drug-likeness (QED) is 0.354. The smallest absolute Gasteiger partial charge is 0.230 e. The molecule has 1 saturated heterocycles. The van der Waals surface area contributed by atoms with Crippen LogP contribution < -0.4 is 16.0 Å². The number of aromatic nitrogens is 5. The maximum absolute atomic E-state index is 13.7. The molecule has 0 radical (unpaired) electrons. The number of amides is 1. The number of pyridine rings is 1. The maximum Gasteiger partial charge on any atom is 0.230 e. The van der Waals surface area contributed by atoms with Gasteiger partial charge in [-0.15, -0.1) is 0 Å². The van der Waals surface area contributed by atoms with Gasteiger partial charge in [0.1, 0.15) is 5.52 Å². The molecule has 0 unspecified atom stereocenters. The standard InChI is InChI=1S/C32H34N8O2/c33-31-35-17-24(18-36-31)28-38-26-12-23(16-34-27(26)29(39-28)40-4-6-42-7-5-40)22-2-1-3-25(11-22)37-30(41)32-13-19-8-20(14-32)10-21(9-19)15-32/h1-3,11-12,16-21H,4-10,13-15H2,(H,37,41)(H2,33,35,36). The van der Waals surface area contributed by atoms with Crippen molar-refractivity contribution in [1.29, 1.82) is 0 Å².